The van der Waals surface area contributed by atoms with E-state index in [9.17, 15) is 24.4 Å². The van der Waals surface area contributed by atoms with E-state index < -0.39 is 35.2 Å². The van der Waals surface area contributed by atoms with Gasteiger partial charge in [-0.25, -0.2) is 4.79 Å². The highest BCUT2D eigenvalue weighted by Gasteiger charge is 2.60. The first kappa shape index (κ1) is 19.4. The van der Waals surface area contributed by atoms with Crippen molar-refractivity contribution in [2.24, 2.45) is 11.8 Å². The summed E-state index contributed by atoms with van der Waals surface area (Å²) in [6.07, 6.45) is 2.36. The van der Waals surface area contributed by atoms with E-state index in [1.54, 1.807) is 10.6 Å². The normalized spacial score (nSPS) is 26.5. The molecule has 150 valence electrons. The Morgan fingerprint density at radius 3 is 2.82 bits per heavy atom. The van der Waals surface area contributed by atoms with Crippen molar-refractivity contribution < 1.29 is 29.5 Å². The highest BCUT2D eigenvalue weighted by molar-refractivity contribution is 7.91. The van der Waals surface area contributed by atoms with Crippen LogP contribution in [0.4, 0.5) is 0 Å². The molecule has 0 spiro atoms. The van der Waals surface area contributed by atoms with Gasteiger partial charge in [-0.3, -0.25) is 9.20 Å². The number of imidazole rings is 1. The van der Waals surface area contributed by atoms with E-state index in [4.69, 9.17) is 5.11 Å². The monoisotopic (exact) mass is 425 g/mol. The van der Waals surface area contributed by atoms with Gasteiger partial charge in [0.2, 0.25) is 5.91 Å². The zero-order valence-electron chi connectivity index (χ0n) is 15.1. The predicted molar refractivity (Wildman–Crippen MR) is 101 cm³/mol. The molecular formula is C17H19N3O6S2. The van der Waals surface area contributed by atoms with Crippen LogP contribution in [0.2, 0.25) is 0 Å². The quantitative estimate of drug-likeness (QED) is 0.442. The Bertz CT molecular complexity index is 996. The average Bonchev–Trinajstić information content (AvgIpc) is 3.24. The number of fused-ring (bicyclic) bond motifs is 2. The van der Waals surface area contributed by atoms with Gasteiger partial charge in [0, 0.05) is 28.9 Å². The number of aliphatic hydroxyl groups is 2. The van der Waals surface area contributed by atoms with Crippen LogP contribution in [0.1, 0.15) is 18.7 Å². The van der Waals surface area contributed by atoms with Gasteiger partial charge in [-0.15, -0.1) is 11.3 Å². The summed E-state index contributed by atoms with van der Waals surface area (Å²) in [6, 6.07) is -0.392. The number of amides is 1. The summed E-state index contributed by atoms with van der Waals surface area (Å²) in [5, 5.41) is 29.1. The fourth-order valence-corrected chi connectivity index (χ4v) is 6.47. The van der Waals surface area contributed by atoms with Gasteiger partial charge in [-0.05, 0) is 6.92 Å². The molecule has 3 N–H and O–H groups in total. The molecule has 4 rings (SSSR count). The molecule has 2 aliphatic rings. The third-order valence-corrected chi connectivity index (χ3v) is 7.87. The number of nitrogens with zero attached hydrogens (tertiary/aromatic N) is 3. The predicted octanol–water partition coefficient (Wildman–Crippen LogP) is 0.149. The molecule has 1 saturated heterocycles. The molecule has 0 radical (unpaired) electrons. The van der Waals surface area contributed by atoms with E-state index in [0.717, 1.165) is 0 Å². The van der Waals surface area contributed by atoms with E-state index in [0.29, 0.717) is 20.3 Å². The molecule has 0 bridgehead atoms. The highest BCUT2D eigenvalue weighted by Crippen LogP contribution is 2.51. The van der Waals surface area contributed by atoms with Crippen LogP contribution in [-0.2, 0) is 20.8 Å². The molecule has 2 aromatic rings. The summed E-state index contributed by atoms with van der Waals surface area (Å²) in [4.78, 5) is 31.1. The topological polar surface area (TPSA) is 138 Å². The van der Waals surface area contributed by atoms with Crippen molar-refractivity contribution in [1.29, 1.82) is 0 Å². The zero-order valence-corrected chi connectivity index (χ0v) is 16.7. The first-order valence-electron chi connectivity index (χ1n) is 8.72. The minimum absolute atomic E-state index is 0.0603. The smallest absolute Gasteiger partial charge is 0.352 e. The number of carbonyl (C=O) groups excluding carboxylic acids is 1. The first-order valence-corrected chi connectivity index (χ1v) is 10.9. The SMILES string of the molecule is C[C@@H](O)[C@H]1C(=O)N2C(C(=O)O)=C(c3cn4cnc([S+]([O-])CCO)c4s3)[C@H](C)[C@H]12. The largest absolute Gasteiger partial charge is 0.610 e. The van der Waals surface area contributed by atoms with Crippen molar-refractivity contribution in [1.82, 2.24) is 14.3 Å². The Morgan fingerprint density at radius 1 is 1.50 bits per heavy atom. The van der Waals surface area contributed by atoms with Crippen LogP contribution in [0.15, 0.2) is 23.2 Å². The Hall–Kier alpha value is -1.92. The molecule has 1 fully saturated rings. The van der Waals surface area contributed by atoms with Gasteiger partial charge >= 0.3 is 5.97 Å². The summed E-state index contributed by atoms with van der Waals surface area (Å²) >= 11 is -0.208. The minimum Gasteiger partial charge on any atom is -0.610 e. The Balaban J connectivity index is 1.80. The number of hydrogen-bond acceptors (Lipinski definition) is 7. The molecule has 0 aliphatic carbocycles. The Labute approximate surface area is 167 Å². The number of carboxylic acid groups (broad SMARTS) is 1. The van der Waals surface area contributed by atoms with Gasteiger partial charge < -0.3 is 24.8 Å². The molecule has 5 atom stereocenters. The summed E-state index contributed by atoms with van der Waals surface area (Å²) < 4.78 is 13.9. The third kappa shape index (κ3) is 2.61. The molecule has 1 amide bonds. The molecule has 2 aromatic heterocycles. The van der Waals surface area contributed by atoms with Gasteiger partial charge in [0.25, 0.3) is 5.03 Å². The van der Waals surface area contributed by atoms with Crippen molar-refractivity contribution in [3.63, 3.8) is 0 Å². The van der Waals surface area contributed by atoms with Gasteiger partial charge in [-0.1, -0.05) is 6.92 Å². The number of aromatic nitrogens is 2. The molecule has 4 heterocycles. The summed E-state index contributed by atoms with van der Waals surface area (Å²) in [7, 11) is 0. The van der Waals surface area contributed by atoms with E-state index in [1.807, 2.05) is 6.92 Å². The van der Waals surface area contributed by atoms with Crippen molar-refractivity contribution in [2.75, 3.05) is 12.4 Å². The lowest BCUT2D eigenvalue weighted by molar-refractivity contribution is -0.163. The molecular weight excluding hydrogens is 406 g/mol. The number of carboxylic acids is 1. The van der Waals surface area contributed by atoms with Crippen molar-refractivity contribution in [3.8, 4) is 0 Å². The number of hydrogen-bond donors (Lipinski definition) is 3. The van der Waals surface area contributed by atoms with Gasteiger partial charge in [0.05, 0.1) is 29.5 Å². The molecule has 9 nitrogen and oxygen atoms in total. The maximum Gasteiger partial charge on any atom is 0.352 e. The fraction of sp³-hybridized carbons (Fsp3) is 0.471. The van der Waals surface area contributed by atoms with Crippen LogP contribution in [0.25, 0.3) is 10.4 Å². The second kappa shape index (κ2) is 6.85. The van der Waals surface area contributed by atoms with Crippen molar-refractivity contribution in [2.45, 2.75) is 31.0 Å². The second-order valence-corrected chi connectivity index (χ2v) is 9.47. The standard InChI is InChI=1S/C17H19N3O6S2/c1-7-10(13(17(24)25)20-12(7)11(8(2)22)15(20)23)9-5-19-6-18-14(16(19)27-9)28(26)4-3-21/h5-8,11-12,21-22H,3-4H2,1-2H3,(H,24,25)/t7-,8+,11+,12+,28?/m0/s1. The van der Waals surface area contributed by atoms with E-state index in [1.165, 1.54) is 29.5 Å². The lowest BCUT2D eigenvalue weighted by Crippen LogP contribution is -2.63. The zero-order chi connectivity index (χ0) is 20.3. The number of rotatable bonds is 6. The van der Waals surface area contributed by atoms with Crippen LogP contribution in [-0.4, -0.2) is 70.5 Å². The lowest BCUT2D eigenvalue weighted by atomic mass is 9.77. The number of carbonyl (C=O) groups is 2. The van der Waals surface area contributed by atoms with Crippen LogP contribution < -0.4 is 0 Å². The summed E-state index contributed by atoms with van der Waals surface area (Å²) in [6.45, 7) is 3.16. The van der Waals surface area contributed by atoms with Crippen molar-refractivity contribution in [3.05, 3.63) is 23.1 Å². The van der Waals surface area contributed by atoms with Crippen LogP contribution in [0.5, 0.6) is 0 Å². The average molecular weight is 425 g/mol. The van der Waals surface area contributed by atoms with Crippen LogP contribution in [0, 0.1) is 11.8 Å². The minimum atomic E-state index is -1.46. The van der Waals surface area contributed by atoms with Gasteiger partial charge in [-0.2, -0.15) is 4.98 Å². The molecule has 1 unspecified atom stereocenters. The van der Waals surface area contributed by atoms with Gasteiger partial charge in [0.1, 0.15) is 17.8 Å². The number of aliphatic carboxylic acids is 1. The molecule has 2 aliphatic heterocycles. The highest BCUT2D eigenvalue weighted by atomic mass is 32.2. The molecule has 11 heteroatoms. The Kier molecular flexibility index (Phi) is 4.74. The van der Waals surface area contributed by atoms with E-state index >= 15 is 0 Å². The fourth-order valence-electron chi connectivity index (χ4n) is 4.13. The summed E-state index contributed by atoms with van der Waals surface area (Å²) in [5.74, 6) is -2.40. The van der Waals surface area contributed by atoms with Crippen LogP contribution >= 0.6 is 11.3 Å². The Morgan fingerprint density at radius 2 is 2.21 bits per heavy atom. The maximum absolute atomic E-state index is 12.5. The third-order valence-electron chi connectivity index (χ3n) is 5.31. The maximum atomic E-state index is 12.5. The molecule has 28 heavy (non-hydrogen) atoms. The van der Waals surface area contributed by atoms with Crippen LogP contribution in [0.3, 0.4) is 0 Å². The number of thiazole rings is 1. The molecule has 0 aromatic carbocycles. The van der Waals surface area contributed by atoms with Crippen molar-refractivity contribution >= 4 is 44.8 Å². The van der Waals surface area contributed by atoms with Gasteiger partial charge in [0.15, 0.2) is 4.83 Å². The number of aliphatic hydroxyl groups excluding tert-OH is 2. The first-order chi connectivity index (χ1) is 13.3. The second-order valence-electron chi connectivity index (χ2n) is 6.95. The number of β-lactam (4-membered cyclic amide) rings is 1. The summed E-state index contributed by atoms with van der Waals surface area (Å²) in [5.41, 5.74) is 0.469. The van der Waals surface area contributed by atoms with E-state index in [-0.39, 0.29) is 29.9 Å². The lowest BCUT2D eigenvalue weighted by Gasteiger charge is -2.46. The van der Waals surface area contributed by atoms with E-state index in [2.05, 4.69) is 4.98 Å². The molecule has 0 saturated carbocycles.